The summed E-state index contributed by atoms with van der Waals surface area (Å²) in [6, 6.07) is 18.0. The van der Waals surface area contributed by atoms with Crippen molar-refractivity contribution in [1.82, 2.24) is 0 Å². The van der Waals surface area contributed by atoms with E-state index in [4.69, 9.17) is 11.6 Å². The second kappa shape index (κ2) is 5.51. The van der Waals surface area contributed by atoms with Crippen LogP contribution in [-0.4, -0.2) is 5.11 Å². The molecular formula is C19H17ClO. The van der Waals surface area contributed by atoms with Gasteiger partial charge >= 0.3 is 0 Å². The van der Waals surface area contributed by atoms with E-state index in [1.165, 1.54) is 0 Å². The van der Waals surface area contributed by atoms with Crippen molar-refractivity contribution >= 4 is 22.4 Å². The summed E-state index contributed by atoms with van der Waals surface area (Å²) in [5, 5.41) is 13.8. The summed E-state index contributed by atoms with van der Waals surface area (Å²) in [4.78, 5) is 0. The zero-order valence-electron chi connectivity index (χ0n) is 12.1. The number of halogens is 1. The van der Waals surface area contributed by atoms with Gasteiger partial charge in [-0.1, -0.05) is 60.1 Å². The largest absolute Gasteiger partial charge is 0.384 e. The van der Waals surface area contributed by atoms with Crippen LogP contribution in [0.1, 0.15) is 28.4 Å². The van der Waals surface area contributed by atoms with Gasteiger partial charge in [-0.3, -0.25) is 0 Å². The number of rotatable bonds is 2. The average molecular weight is 297 g/mol. The van der Waals surface area contributed by atoms with E-state index < -0.39 is 6.10 Å². The third-order valence-electron chi connectivity index (χ3n) is 4.07. The summed E-state index contributed by atoms with van der Waals surface area (Å²) in [6.07, 6.45) is -0.671. The predicted octanol–water partition coefficient (Wildman–Crippen LogP) is 5.19. The maximum atomic E-state index is 10.9. The minimum atomic E-state index is -0.671. The van der Waals surface area contributed by atoms with Crippen molar-refractivity contribution < 1.29 is 5.11 Å². The van der Waals surface area contributed by atoms with Crippen molar-refractivity contribution in [1.29, 1.82) is 0 Å². The minimum absolute atomic E-state index is 0.671. The topological polar surface area (TPSA) is 20.2 Å². The molecule has 0 heterocycles. The first-order chi connectivity index (χ1) is 10.1. The van der Waals surface area contributed by atoms with Crippen LogP contribution < -0.4 is 0 Å². The Hall–Kier alpha value is -1.83. The molecule has 1 N–H and O–H groups in total. The van der Waals surface area contributed by atoms with Gasteiger partial charge in [0.15, 0.2) is 0 Å². The molecule has 0 aliphatic heterocycles. The van der Waals surface area contributed by atoms with Crippen molar-refractivity contribution in [3.63, 3.8) is 0 Å². The van der Waals surface area contributed by atoms with Crippen molar-refractivity contribution in [3.05, 3.63) is 81.9 Å². The molecule has 0 bridgehead atoms. The third-order valence-corrected chi connectivity index (χ3v) is 4.48. The molecule has 3 rings (SSSR count). The van der Waals surface area contributed by atoms with Crippen LogP contribution in [0, 0.1) is 13.8 Å². The van der Waals surface area contributed by atoms with Gasteiger partial charge in [-0.15, -0.1) is 0 Å². The Kier molecular flexibility index (Phi) is 3.71. The SMILES string of the molecule is Cc1ccc2ccccc2c1C(O)c1cccc(Cl)c1C. The molecule has 0 aromatic heterocycles. The second-order valence-electron chi connectivity index (χ2n) is 5.37. The van der Waals surface area contributed by atoms with E-state index in [1.807, 2.05) is 44.2 Å². The van der Waals surface area contributed by atoms with E-state index in [0.29, 0.717) is 5.02 Å². The summed E-state index contributed by atoms with van der Waals surface area (Å²) in [5.74, 6) is 0. The van der Waals surface area contributed by atoms with E-state index >= 15 is 0 Å². The number of aliphatic hydroxyl groups excluding tert-OH is 1. The normalized spacial score (nSPS) is 12.6. The first-order valence-electron chi connectivity index (χ1n) is 7.01. The predicted molar refractivity (Wildman–Crippen MR) is 88.9 cm³/mol. The number of aliphatic hydroxyl groups is 1. The molecule has 0 saturated heterocycles. The molecule has 0 aliphatic rings. The number of hydrogen-bond acceptors (Lipinski definition) is 1. The van der Waals surface area contributed by atoms with Crippen LogP contribution in [0.15, 0.2) is 54.6 Å². The van der Waals surface area contributed by atoms with Crippen molar-refractivity contribution in [3.8, 4) is 0 Å². The third kappa shape index (κ3) is 2.44. The fourth-order valence-electron chi connectivity index (χ4n) is 2.84. The van der Waals surface area contributed by atoms with Gasteiger partial charge in [0, 0.05) is 5.02 Å². The zero-order valence-corrected chi connectivity index (χ0v) is 12.9. The van der Waals surface area contributed by atoms with E-state index in [9.17, 15) is 5.11 Å². The monoisotopic (exact) mass is 296 g/mol. The Balaban J connectivity index is 2.24. The van der Waals surface area contributed by atoms with Crippen LogP contribution in [0.2, 0.25) is 5.02 Å². The molecule has 0 aliphatic carbocycles. The highest BCUT2D eigenvalue weighted by Crippen LogP contribution is 2.34. The summed E-state index contributed by atoms with van der Waals surface area (Å²) in [7, 11) is 0. The highest BCUT2D eigenvalue weighted by molar-refractivity contribution is 6.31. The second-order valence-corrected chi connectivity index (χ2v) is 5.78. The Labute approximate surface area is 129 Å². The molecule has 3 aromatic carbocycles. The fourth-order valence-corrected chi connectivity index (χ4v) is 3.03. The average Bonchev–Trinajstić information content (AvgIpc) is 2.49. The fraction of sp³-hybridized carbons (Fsp3) is 0.158. The van der Waals surface area contributed by atoms with Crippen molar-refractivity contribution in [2.75, 3.05) is 0 Å². The van der Waals surface area contributed by atoms with Crippen molar-refractivity contribution in [2.24, 2.45) is 0 Å². The molecule has 0 amide bonds. The van der Waals surface area contributed by atoms with Crippen LogP contribution >= 0.6 is 11.6 Å². The molecule has 106 valence electrons. The standard InChI is InChI=1S/C19H17ClO/c1-12-10-11-14-6-3-4-7-16(14)18(12)19(21)15-8-5-9-17(20)13(15)2/h3-11,19,21H,1-2H3. The molecule has 21 heavy (non-hydrogen) atoms. The first kappa shape index (κ1) is 14.1. The molecule has 0 fully saturated rings. The molecule has 2 heteroatoms. The molecule has 1 unspecified atom stereocenters. The molecule has 1 nitrogen and oxygen atoms in total. The van der Waals surface area contributed by atoms with Crippen molar-refractivity contribution in [2.45, 2.75) is 20.0 Å². The Morgan fingerprint density at radius 2 is 1.67 bits per heavy atom. The van der Waals surface area contributed by atoms with Crippen LogP contribution in [0.5, 0.6) is 0 Å². The Morgan fingerprint density at radius 1 is 0.905 bits per heavy atom. The maximum Gasteiger partial charge on any atom is 0.105 e. The zero-order chi connectivity index (χ0) is 15.0. The van der Waals surface area contributed by atoms with Gasteiger partial charge < -0.3 is 5.11 Å². The van der Waals surface area contributed by atoms with E-state index in [0.717, 1.165) is 33.0 Å². The van der Waals surface area contributed by atoms with Crippen LogP contribution in [0.3, 0.4) is 0 Å². The lowest BCUT2D eigenvalue weighted by Gasteiger charge is -2.19. The highest BCUT2D eigenvalue weighted by atomic mass is 35.5. The Morgan fingerprint density at radius 3 is 2.48 bits per heavy atom. The number of hydrogen-bond donors (Lipinski definition) is 1. The quantitative estimate of drug-likeness (QED) is 0.690. The summed E-state index contributed by atoms with van der Waals surface area (Å²) >= 11 is 6.19. The maximum absolute atomic E-state index is 10.9. The smallest absolute Gasteiger partial charge is 0.105 e. The molecule has 1 atom stereocenters. The van der Waals surface area contributed by atoms with E-state index in [1.54, 1.807) is 0 Å². The lowest BCUT2D eigenvalue weighted by Crippen LogP contribution is -2.05. The van der Waals surface area contributed by atoms with Gasteiger partial charge in [0.2, 0.25) is 0 Å². The molecule has 0 radical (unpaired) electrons. The molecule has 3 aromatic rings. The first-order valence-corrected chi connectivity index (χ1v) is 7.38. The Bertz CT molecular complexity index is 808. The number of benzene rings is 3. The van der Waals surface area contributed by atoms with Gasteiger partial charge in [-0.25, -0.2) is 0 Å². The van der Waals surface area contributed by atoms with Crippen LogP contribution in [0.25, 0.3) is 10.8 Å². The van der Waals surface area contributed by atoms with Gasteiger partial charge in [-0.2, -0.15) is 0 Å². The molecule has 0 saturated carbocycles. The van der Waals surface area contributed by atoms with Gasteiger partial charge in [0.05, 0.1) is 0 Å². The molecular weight excluding hydrogens is 280 g/mol. The summed E-state index contributed by atoms with van der Waals surface area (Å²) < 4.78 is 0. The molecule has 0 spiro atoms. The number of fused-ring (bicyclic) bond motifs is 1. The van der Waals surface area contributed by atoms with Crippen LogP contribution in [0.4, 0.5) is 0 Å². The van der Waals surface area contributed by atoms with Gasteiger partial charge in [0.1, 0.15) is 6.10 Å². The summed E-state index contributed by atoms with van der Waals surface area (Å²) in [5.41, 5.74) is 3.83. The highest BCUT2D eigenvalue weighted by Gasteiger charge is 2.18. The minimum Gasteiger partial charge on any atom is -0.384 e. The lowest BCUT2D eigenvalue weighted by molar-refractivity contribution is 0.220. The number of aryl methyl sites for hydroxylation is 1. The van der Waals surface area contributed by atoms with Gasteiger partial charge in [-0.05, 0) is 52.9 Å². The summed E-state index contributed by atoms with van der Waals surface area (Å²) in [6.45, 7) is 3.98. The van der Waals surface area contributed by atoms with Crippen LogP contribution in [-0.2, 0) is 0 Å². The van der Waals surface area contributed by atoms with Gasteiger partial charge in [0.25, 0.3) is 0 Å². The van der Waals surface area contributed by atoms with E-state index in [-0.39, 0.29) is 0 Å². The lowest BCUT2D eigenvalue weighted by atomic mass is 9.90. The van der Waals surface area contributed by atoms with E-state index in [2.05, 4.69) is 24.3 Å².